The summed E-state index contributed by atoms with van der Waals surface area (Å²) in [5.41, 5.74) is 2.13. The van der Waals surface area contributed by atoms with Crippen molar-refractivity contribution in [1.82, 2.24) is 9.46 Å². The summed E-state index contributed by atoms with van der Waals surface area (Å²) < 4.78 is 48.8. The Morgan fingerprint density at radius 1 is 1.07 bits per heavy atom. The van der Waals surface area contributed by atoms with Crippen molar-refractivity contribution in [2.24, 2.45) is 0 Å². The summed E-state index contributed by atoms with van der Waals surface area (Å²) in [5, 5.41) is 3.76. The zero-order valence-electron chi connectivity index (χ0n) is 16.6. The fraction of sp³-hybridized carbons (Fsp3) is 0.421. The lowest BCUT2D eigenvalue weighted by Gasteiger charge is -2.27. The molecule has 0 saturated carbocycles. The van der Waals surface area contributed by atoms with Crippen molar-refractivity contribution in [2.45, 2.75) is 25.2 Å². The van der Waals surface area contributed by atoms with E-state index < -0.39 is 10.0 Å². The molecule has 2 aromatic rings. The van der Waals surface area contributed by atoms with Crippen LogP contribution in [0.5, 0.6) is 17.2 Å². The Morgan fingerprint density at radius 2 is 1.71 bits per heavy atom. The van der Waals surface area contributed by atoms with Crippen LogP contribution in [0.4, 0.5) is 0 Å². The van der Waals surface area contributed by atoms with Crippen molar-refractivity contribution >= 4 is 15.6 Å². The maximum absolute atomic E-state index is 13.0. The molecule has 9 heteroatoms. The molecular weight excluding hydrogens is 384 g/mol. The third-order valence-electron chi connectivity index (χ3n) is 4.77. The average Bonchev–Trinajstić information content (AvgIpc) is 3.05. The summed E-state index contributed by atoms with van der Waals surface area (Å²) in [4.78, 5) is 0.143. The first-order valence-electron chi connectivity index (χ1n) is 8.76. The molecule has 0 N–H and O–H groups in total. The number of benzene rings is 1. The van der Waals surface area contributed by atoms with Crippen molar-refractivity contribution in [1.29, 1.82) is 0 Å². The van der Waals surface area contributed by atoms with E-state index in [1.54, 1.807) is 47.3 Å². The summed E-state index contributed by atoms with van der Waals surface area (Å²) in [7, 11) is 1.05. The molecule has 0 bridgehead atoms. The minimum Gasteiger partial charge on any atom is -0.496 e. The van der Waals surface area contributed by atoms with E-state index in [-0.39, 0.29) is 11.4 Å². The highest BCUT2D eigenvalue weighted by atomic mass is 32.2. The molecular formula is C19H24N2O6S. The summed E-state index contributed by atoms with van der Waals surface area (Å²) in [6, 6.07) is 3.57. The molecule has 0 spiro atoms. The van der Waals surface area contributed by atoms with Crippen LogP contribution in [-0.2, 0) is 10.0 Å². The van der Waals surface area contributed by atoms with E-state index in [9.17, 15) is 8.42 Å². The SMILES string of the molecule is COc1cc(OC)c(C2=CCN(S(=O)(=O)c3c(C)noc3C)CC2)c(OC)c1. The highest BCUT2D eigenvalue weighted by Crippen LogP contribution is 2.41. The number of ether oxygens (including phenoxy) is 3. The molecule has 2 heterocycles. The minimum atomic E-state index is -3.68. The lowest BCUT2D eigenvalue weighted by molar-refractivity contribution is 0.372. The second kappa shape index (κ2) is 7.84. The van der Waals surface area contributed by atoms with Crippen molar-refractivity contribution < 1.29 is 27.2 Å². The largest absolute Gasteiger partial charge is 0.496 e. The number of aryl methyl sites for hydroxylation is 2. The number of nitrogens with zero attached hydrogens (tertiary/aromatic N) is 2. The first-order chi connectivity index (χ1) is 13.3. The number of methoxy groups -OCH3 is 3. The monoisotopic (exact) mass is 408 g/mol. The molecule has 1 aliphatic rings. The maximum Gasteiger partial charge on any atom is 0.248 e. The van der Waals surface area contributed by atoms with Gasteiger partial charge in [-0.3, -0.25) is 0 Å². The quantitative estimate of drug-likeness (QED) is 0.726. The molecule has 0 aliphatic carbocycles. The van der Waals surface area contributed by atoms with Gasteiger partial charge in [-0.15, -0.1) is 0 Å². The van der Waals surface area contributed by atoms with E-state index >= 15 is 0 Å². The molecule has 28 heavy (non-hydrogen) atoms. The van der Waals surface area contributed by atoms with Gasteiger partial charge in [0, 0.05) is 25.2 Å². The lowest BCUT2D eigenvalue weighted by Crippen LogP contribution is -2.35. The predicted molar refractivity (Wildman–Crippen MR) is 103 cm³/mol. The molecule has 3 rings (SSSR count). The van der Waals surface area contributed by atoms with E-state index in [0.717, 1.165) is 11.1 Å². The smallest absolute Gasteiger partial charge is 0.248 e. The predicted octanol–water partition coefficient (Wildman–Crippen LogP) is 2.80. The summed E-state index contributed by atoms with van der Waals surface area (Å²) in [6.07, 6.45) is 2.40. The van der Waals surface area contributed by atoms with Crippen molar-refractivity contribution in [2.75, 3.05) is 34.4 Å². The Labute approximate surface area is 164 Å². The van der Waals surface area contributed by atoms with Crippen LogP contribution in [0.2, 0.25) is 0 Å². The highest BCUT2D eigenvalue weighted by Gasteiger charge is 2.32. The van der Waals surface area contributed by atoms with Gasteiger partial charge in [-0.1, -0.05) is 11.2 Å². The number of hydrogen-bond donors (Lipinski definition) is 0. The van der Waals surface area contributed by atoms with Gasteiger partial charge in [-0.25, -0.2) is 8.42 Å². The zero-order chi connectivity index (χ0) is 20.5. The van der Waals surface area contributed by atoms with Crippen LogP contribution in [0.3, 0.4) is 0 Å². The van der Waals surface area contributed by atoms with Crippen molar-refractivity contribution in [3.05, 3.63) is 35.2 Å². The third-order valence-corrected chi connectivity index (χ3v) is 6.88. The number of hydrogen-bond acceptors (Lipinski definition) is 7. The van der Waals surface area contributed by atoms with Gasteiger partial charge in [0.1, 0.15) is 27.8 Å². The molecule has 0 radical (unpaired) electrons. The average molecular weight is 408 g/mol. The molecule has 1 aliphatic heterocycles. The number of sulfonamides is 1. The standard InChI is InChI=1S/C19H24N2O6S/c1-12-19(13(2)27-20-12)28(22,23)21-8-6-14(7-9-21)18-16(25-4)10-15(24-3)11-17(18)26-5/h6,10-11H,7-9H2,1-5H3. The Morgan fingerprint density at radius 3 is 2.14 bits per heavy atom. The van der Waals surface area contributed by atoms with Crippen LogP contribution < -0.4 is 14.2 Å². The lowest BCUT2D eigenvalue weighted by atomic mass is 9.98. The van der Waals surface area contributed by atoms with Gasteiger partial charge in [0.2, 0.25) is 10.0 Å². The first kappa shape index (κ1) is 20.2. The summed E-state index contributed by atoms with van der Waals surface area (Å²) >= 11 is 0. The summed E-state index contributed by atoms with van der Waals surface area (Å²) in [6.45, 7) is 3.80. The van der Waals surface area contributed by atoms with Crippen LogP contribution in [-0.4, -0.2) is 52.3 Å². The van der Waals surface area contributed by atoms with Gasteiger partial charge in [0.05, 0.1) is 26.9 Å². The van der Waals surface area contributed by atoms with E-state index in [1.165, 1.54) is 4.31 Å². The molecule has 0 saturated heterocycles. The minimum absolute atomic E-state index is 0.143. The van der Waals surface area contributed by atoms with Crippen molar-refractivity contribution in [3.63, 3.8) is 0 Å². The maximum atomic E-state index is 13.0. The van der Waals surface area contributed by atoms with Crippen LogP contribution >= 0.6 is 0 Å². The van der Waals surface area contributed by atoms with E-state index in [1.807, 2.05) is 6.08 Å². The van der Waals surface area contributed by atoms with Crippen LogP contribution in [0.15, 0.2) is 27.6 Å². The van der Waals surface area contributed by atoms with Crippen LogP contribution in [0, 0.1) is 13.8 Å². The molecule has 1 aromatic heterocycles. The highest BCUT2D eigenvalue weighted by molar-refractivity contribution is 7.89. The van der Waals surface area contributed by atoms with Gasteiger partial charge in [0.15, 0.2) is 5.76 Å². The molecule has 0 unspecified atom stereocenters. The molecule has 0 fully saturated rings. The molecule has 1 aromatic carbocycles. The van der Waals surface area contributed by atoms with E-state index in [4.69, 9.17) is 18.7 Å². The second-order valence-electron chi connectivity index (χ2n) is 6.40. The first-order valence-corrected chi connectivity index (χ1v) is 10.2. The molecule has 0 atom stereocenters. The Hall–Kier alpha value is -2.52. The normalized spacial score (nSPS) is 15.2. The van der Waals surface area contributed by atoms with Gasteiger partial charge in [-0.05, 0) is 25.8 Å². The van der Waals surface area contributed by atoms with Gasteiger partial charge in [0.25, 0.3) is 0 Å². The zero-order valence-corrected chi connectivity index (χ0v) is 17.4. The van der Waals surface area contributed by atoms with Crippen molar-refractivity contribution in [3.8, 4) is 17.2 Å². The summed E-state index contributed by atoms with van der Waals surface area (Å²) in [5.74, 6) is 2.15. The van der Waals surface area contributed by atoms with Crippen LogP contribution in [0.25, 0.3) is 5.57 Å². The molecule has 0 amide bonds. The topological polar surface area (TPSA) is 91.1 Å². The fourth-order valence-corrected chi connectivity index (χ4v) is 5.06. The molecule has 8 nitrogen and oxygen atoms in total. The second-order valence-corrected chi connectivity index (χ2v) is 8.28. The number of rotatable bonds is 6. The van der Waals surface area contributed by atoms with Gasteiger partial charge < -0.3 is 18.7 Å². The van der Waals surface area contributed by atoms with Gasteiger partial charge >= 0.3 is 0 Å². The fourth-order valence-electron chi connectivity index (χ4n) is 3.39. The van der Waals surface area contributed by atoms with Crippen LogP contribution in [0.1, 0.15) is 23.4 Å². The third kappa shape index (κ3) is 3.47. The van der Waals surface area contributed by atoms with E-state index in [0.29, 0.717) is 41.7 Å². The van der Waals surface area contributed by atoms with Gasteiger partial charge in [-0.2, -0.15) is 4.31 Å². The Kier molecular flexibility index (Phi) is 5.66. The Balaban J connectivity index is 1.95. The molecule has 152 valence electrons. The number of aromatic nitrogens is 1. The van der Waals surface area contributed by atoms with E-state index in [2.05, 4.69) is 5.16 Å². The Bertz CT molecular complexity index is 965.